The van der Waals surface area contributed by atoms with Gasteiger partial charge in [-0.3, -0.25) is 10.2 Å². The van der Waals surface area contributed by atoms with Crippen LogP contribution in [0.5, 0.6) is 0 Å². The standard InChI is InChI=1S/C10H11NO2.C9H7NO2.C2H3ClO.C2H6O.ClH/c1-7(11)8-3-5-9(6-4-8)10(12)13-2;1-10-8-5-3-7(4-6-8)9(11)12-2;1-2(3)4;1-2-3;/h3-6,11H,1-2H3;3-6H,2H3;1H3;3H,2H2,1H3;1H. The third-order valence-electron chi connectivity index (χ3n) is 3.18. The molecule has 0 radical (unpaired) electrons. The molecule has 0 aliphatic rings. The summed E-state index contributed by atoms with van der Waals surface area (Å²) >= 11 is 4.64. The molecule has 33 heavy (non-hydrogen) atoms. The number of methoxy groups -OCH3 is 2. The lowest BCUT2D eigenvalue weighted by Gasteiger charge is -1.98. The lowest BCUT2D eigenvalue weighted by atomic mass is 10.1. The minimum Gasteiger partial charge on any atom is -1.00 e. The Kier molecular flexibility index (Phi) is 21.5. The van der Waals surface area contributed by atoms with Crippen LogP contribution in [0.1, 0.15) is 47.1 Å². The fourth-order valence-electron chi connectivity index (χ4n) is 1.78. The molecule has 0 aromatic heterocycles. The van der Waals surface area contributed by atoms with E-state index >= 15 is 0 Å². The van der Waals surface area contributed by atoms with E-state index < -0.39 is 0 Å². The number of hydrogen-bond donors (Lipinski definition) is 2. The van der Waals surface area contributed by atoms with Crippen LogP contribution < -0.4 is 17.8 Å². The first-order chi connectivity index (χ1) is 15.1. The van der Waals surface area contributed by atoms with Crippen molar-refractivity contribution >= 4 is 40.2 Å². The molecule has 10 heteroatoms. The number of rotatable bonds is 3. The molecule has 0 heterocycles. The molecule has 0 atom stereocenters. The molecule has 0 bridgehead atoms. The molecule has 2 rings (SSSR count). The number of carbonyl (C=O) groups excluding carboxylic acids is 3. The summed E-state index contributed by atoms with van der Waals surface area (Å²) < 4.78 is 9.05. The molecule has 0 aliphatic carbocycles. The number of benzene rings is 2. The molecular formula is C23H28Cl2N2O6. The minimum absolute atomic E-state index is 0. The maximum atomic E-state index is 11.0. The third kappa shape index (κ3) is 17.0. The first kappa shape index (κ1) is 34.4. The SMILES string of the molecule is CC(=O)Cl.CCO.COC(=O)c1ccc(C(C)=[NH2+])cc1.[C-]#[N+]c1ccc(C(=O)OC)cc1.[Cl-]. The molecule has 0 aliphatic heterocycles. The monoisotopic (exact) mass is 498 g/mol. The van der Waals surface area contributed by atoms with Gasteiger partial charge in [0.15, 0.2) is 11.4 Å². The van der Waals surface area contributed by atoms with Crippen LogP contribution in [0, 0.1) is 6.57 Å². The van der Waals surface area contributed by atoms with Gasteiger partial charge in [-0.15, -0.1) is 0 Å². The normalized spacial score (nSPS) is 8.18. The second-order valence-corrected chi connectivity index (χ2v) is 6.22. The van der Waals surface area contributed by atoms with Crippen LogP contribution in [0.3, 0.4) is 0 Å². The van der Waals surface area contributed by atoms with Crippen LogP contribution in [-0.4, -0.2) is 48.8 Å². The van der Waals surface area contributed by atoms with E-state index in [4.69, 9.17) is 17.1 Å². The van der Waals surface area contributed by atoms with Gasteiger partial charge in [-0.1, -0.05) is 24.3 Å². The predicted molar refractivity (Wildman–Crippen MR) is 123 cm³/mol. The summed E-state index contributed by atoms with van der Waals surface area (Å²) in [5, 5.41) is 12.8. The number of halogens is 2. The summed E-state index contributed by atoms with van der Waals surface area (Å²) in [6.45, 7) is 11.7. The van der Waals surface area contributed by atoms with Crippen molar-refractivity contribution in [3.05, 3.63) is 76.6 Å². The summed E-state index contributed by atoms with van der Waals surface area (Å²) in [6.07, 6.45) is 0. The van der Waals surface area contributed by atoms with Gasteiger partial charge in [0.25, 0.3) is 0 Å². The van der Waals surface area contributed by atoms with Crippen molar-refractivity contribution in [1.29, 1.82) is 0 Å². The lowest BCUT2D eigenvalue weighted by molar-refractivity contribution is -0.113. The van der Waals surface area contributed by atoms with Gasteiger partial charge < -0.3 is 27.0 Å². The number of aliphatic hydroxyl groups excluding tert-OH is 1. The van der Waals surface area contributed by atoms with Crippen LogP contribution in [0.2, 0.25) is 0 Å². The highest BCUT2D eigenvalue weighted by Crippen LogP contribution is 2.12. The number of aliphatic hydroxyl groups is 1. The molecule has 0 fully saturated rings. The first-order valence-corrected chi connectivity index (χ1v) is 9.56. The summed E-state index contributed by atoms with van der Waals surface area (Å²) in [5.41, 5.74) is 3.17. The number of ether oxygens (including phenoxy) is 2. The zero-order valence-corrected chi connectivity index (χ0v) is 20.6. The molecule has 3 N–H and O–H groups in total. The van der Waals surface area contributed by atoms with Gasteiger partial charge in [0.2, 0.25) is 5.24 Å². The minimum atomic E-state index is -0.383. The van der Waals surface area contributed by atoms with Gasteiger partial charge in [-0.25, -0.2) is 14.4 Å². The zero-order chi connectivity index (χ0) is 25.1. The number of carbonyl (C=O) groups is 3. The van der Waals surface area contributed by atoms with Crippen LogP contribution >= 0.6 is 11.6 Å². The van der Waals surface area contributed by atoms with Crippen molar-refractivity contribution in [3.8, 4) is 0 Å². The van der Waals surface area contributed by atoms with E-state index in [1.807, 2.05) is 6.92 Å². The van der Waals surface area contributed by atoms with Crippen LogP contribution in [-0.2, 0) is 14.3 Å². The van der Waals surface area contributed by atoms with Crippen molar-refractivity contribution < 1.29 is 46.8 Å². The Morgan fingerprint density at radius 1 is 0.909 bits per heavy atom. The maximum Gasteiger partial charge on any atom is 0.337 e. The molecular weight excluding hydrogens is 471 g/mol. The Labute approximate surface area is 205 Å². The van der Waals surface area contributed by atoms with Gasteiger partial charge in [0.05, 0.1) is 31.9 Å². The number of nitrogens with zero attached hydrogens (tertiary/aromatic N) is 1. The zero-order valence-electron chi connectivity index (χ0n) is 19.1. The smallest absolute Gasteiger partial charge is 0.337 e. The summed E-state index contributed by atoms with van der Waals surface area (Å²) in [5.74, 6) is -0.715. The van der Waals surface area contributed by atoms with Crippen LogP contribution in [0.25, 0.3) is 4.85 Å². The highest BCUT2D eigenvalue weighted by atomic mass is 35.5. The van der Waals surface area contributed by atoms with Crippen molar-refractivity contribution in [3.63, 3.8) is 0 Å². The summed E-state index contributed by atoms with van der Waals surface area (Å²) in [7, 11) is 2.68. The summed E-state index contributed by atoms with van der Waals surface area (Å²) in [4.78, 5) is 34.4. The molecule has 2 aromatic carbocycles. The second kappa shape index (κ2) is 20.6. The van der Waals surface area contributed by atoms with Crippen molar-refractivity contribution in [2.75, 3.05) is 20.8 Å². The molecule has 2 aromatic rings. The summed E-state index contributed by atoms with van der Waals surface area (Å²) in [6, 6.07) is 13.3. The Balaban J connectivity index is -0.000000417. The molecule has 0 spiro atoms. The molecule has 0 unspecified atom stereocenters. The molecule has 180 valence electrons. The molecule has 0 saturated heterocycles. The second-order valence-electron chi connectivity index (χ2n) is 5.69. The molecule has 0 saturated carbocycles. The number of hydrogen-bond acceptors (Lipinski definition) is 6. The Morgan fingerprint density at radius 3 is 1.42 bits per heavy atom. The van der Waals surface area contributed by atoms with E-state index in [0.29, 0.717) is 16.8 Å². The van der Waals surface area contributed by atoms with E-state index in [0.717, 1.165) is 11.3 Å². The van der Waals surface area contributed by atoms with Crippen LogP contribution in [0.15, 0.2) is 48.5 Å². The van der Waals surface area contributed by atoms with E-state index in [1.54, 1.807) is 55.5 Å². The molecule has 0 amide bonds. The van der Waals surface area contributed by atoms with Crippen LogP contribution in [0.4, 0.5) is 5.69 Å². The Bertz CT molecular complexity index is 904. The first-order valence-electron chi connectivity index (χ1n) is 9.18. The van der Waals surface area contributed by atoms with Gasteiger partial charge in [-0.05, 0) is 42.8 Å². The van der Waals surface area contributed by atoms with E-state index in [-0.39, 0.29) is 36.2 Å². The fourth-order valence-corrected chi connectivity index (χ4v) is 1.78. The average molecular weight is 499 g/mol. The van der Waals surface area contributed by atoms with Crippen molar-refractivity contribution in [1.82, 2.24) is 0 Å². The van der Waals surface area contributed by atoms with E-state index in [2.05, 4.69) is 25.9 Å². The topological polar surface area (TPSA) is 120 Å². The Hall–Kier alpha value is -3.25. The maximum absolute atomic E-state index is 11.0. The quantitative estimate of drug-likeness (QED) is 0.262. The fraction of sp³-hybridized carbons (Fsp3) is 0.261. The third-order valence-corrected chi connectivity index (χ3v) is 3.18. The number of nitrogens with two attached hydrogens (primary N) is 1. The van der Waals surface area contributed by atoms with Crippen molar-refractivity contribution in [2.45, 2.75) is 20.8 Å². The van der Waals surface area contributed by atoms with E-state index in [1.165, 1.54) is 21.1 Å². The largest absolute Gasteiger partial charge is 1.00 e. The highest BCUT2D eigenvalue weighted by Gasteiger charge is 2.06. The number of esters is 2. The van der Waals surface area contributed by atoms with Gasteiger partial charge >= 0.3 is 11.9 Å². The van der Waals surface area contributed by atoms with E-state index in [9.17, 15) is 14.4 Å². The Morgan fingerprint density at radius 2 is 1.18 bits per heavy atom. The lowest BCUT2D eigenvalue weighted by Crippen LogP contribution is -3.00. The predicted octanol–water partition coefficient (Wildman–Crippen LogP) is -0.160. The molecule has 8 nitrogen and oxygen atoms in total. The average Bonchev–Trinajstić information content (AvgIpc) is 2.78. The van der Waals surface area contributed by atoms with Gasteiger partial charge in [-0.2, -0.15) is 0 Å². The van der Waals surface area contributed by atoms with Gasteiger partial charge in [0, 0.05) is 26.0 Å². The van der Waals surface area contributed by atoms with Gasteiger partial charge in [0.1, 0.15) is 0 Å². The highest BCUT2D eigenvalue weighted by molar-refractivity contribution is 6.62. The van der Waals surface area contributed by atoms with Crippen molar-refractivity contribution in [2.24, 2.45) is 0 Å².